The molecule has 28 heavy (non-hydrogen) atoms. The van der Waals surface area contributed by atoms with Gasteiger partial charge in [-0.2, -0.15) is 0 Å². The van der Waals surface area contributed by atoms with Crippen molar-refractivity contribution < 1.29 is 9.90 Å². The van der Waals surface area contributed by atoms with E-state index in [1.165, 1.54) is 0 Å². The fourth-order valence-corrected chi connectivity index (χ4v) is 3.30. The molecule has 0 saturated heterocycles. The van der Waals surface area contributed by atoms with Gasteiger partial charge >= 0.3 is 5.97 Å². The van der Waals surface area contributed by atoms with Crippen molar-refractivity contribution in [1.29, 1.82) is 0 Å². The van der Waals surface area contributed by atoms with Crippen molar-refractivity contribution in [2.75, 3.05) is 0 Å². The van der Waals surface area contributed by atoms with Gasteiger partial charge in [-0.25, -0.2) is 4.79 Å². The van der Waals surface area contributed by atoms with Crippen molar-refractivity contribution in [3.05, 3.63) is 108 Å². The van der Waals surface area contributed by atoms with Gasteiger partial charge in [0, 0.05) is 16.5 Å². The molecule has 1 N–H and O–H groups in total. The summed E-state index contributed by atoms with van der Waals surface area (Å²) in [6.45, 7) is 5.58. The Kier molecular flexibility index (Phi) is 5.46. The monoisotopic (exact) mass is 371 g/mol. The highest BCUT2D eigenvalue weighted by Crippen LogP contribution is 2.39. The van der Waals surface area contributed by atoms with Crippen LogP contribution in [-0.2, 0) is 10.2 Å². The summed E-state index contributed by atoms with van der Waals surface area (Å²) in [5.74, 6) is -0.953. The topological polar surface area (TPSA) is 49.7 Å². The number of carbonyl (C=O) groups is 1. The van der Waals surface area contributed by atoms with Gasteiger partial charge in [0.2, 0.25) is 0 Å². The zero-order chi connectivity index (χ0) is 20.2. The molecule has 0 amide bonds. The van der Waals surface area contributed by atoms with Gasteiger partial charge in [-0.3, -0.25) is 4.99 Å². The quantitative estimate of drug-likeness (QED) is 0.594. The SMILES string of the molecule is CC(N=C(c1ccccc1)c1ccccc1)(C(=O)O)C(C)(C)c1ccccc1. The molecule has 0 fully saturated rings. The fourth-order valence-electron chi connectivity index (χ4n) is 3.30. The summed E-state index contributed by atoms with van der Waals surface area (Å²) < 4.78 is 0. The summed E-state index contributed by atoms with van der Waals surface area (Å²) in [7, 11) is 0. The molecule has 142 valence electrons. The van der Waals surface area contributed by atoms with Crippen LogP contribution in [-0.4, -0.2) is 22.3 Å². The lowest BCUT2D eigenvalue weighted by Crippen LogP contribution is -2.51. The first-order valence-corrected chi connectivity index (χ1v) is 9.36. The summed E-state index contributed by atoms with van der Waals surface area (Å²) in [6, 6.07) is 29.2. The standard InChI is InChI=1S/C25H25NO2/c1-24(2,21-17-11-6-12-18-21)25(3,23(27)28)26-22(19-13-7-4-8-14-19)20-15-9-5-10-16-20/h4-18H,1-3H3,(H,27,28). The Bertz CT molecular complexity index is 922. The maximum absolute atomic E-state index is 12.5. The van der Waals surface area contributed by atoms with Crippen molar-refractivity contribution in [3.8, 4) is 0 Å². The molecule has 0 aliphatic rings. The van der Waals surface area contributed by atoms with Crippen LogP contribution >= 0.6 is 0 Å². The summed E-state index contributed by atoms with van der Waals surface area (Å²) in [4.78, 5) is 17.4. The van der Waals surface area contributed by atoms with Gasteiger partial charge in [0.25, 0.3) is 0 Å². The molecular weight excluding hydrogens is 346 g/mol. The molecule has 0 aliphatic heterocycles. The number of benzene rings is 3. The van der Waals surface area contributed by atoms with E-state index in [4.69, 9.17) is 4.99 Å². The second-order valence-electron chi connectivity index (χ2n) is 7.56. The Morgan fingerprint density at radius 1 is 0.714 bits per heavy atom. The van der Waals surface area contributed by atoms with Crippen molar-refractivity contribution >= 4 is 11.7 Å². The van der Waals surface area contributed by atoms with E-state index in [1.807, 2.05) is 105 Å². The van der Waals surface area contributed by atoms with Crippen molar-refractivity contribution in [3.63, 3.8) is 0 Å². The Hall–Kier alpha value is -3.20. The van der Waals surface area contributed by atoms with E-state index in [0.717, 1.165) is 16.7 Å². The highest BCUT2D eigenvalue weighted by molar-refractivity contribution is 6.13. The number of nitrogens with zero attached hydrogens (tertiary/aromatic N) is 1. The van der Waals surface area contributed by atoms with E-state index in [0.29, 0.717) is 5.71 Å². The number of hydrogen-bond donors (Lipinski definition) is 1. The molecule has 3 aromatic rings. The van der Waals surface area contributed by atoms with Gasteiger partial charge in [0.05, 0.1) is 5.71 Å². The average Bonchev–Trinajstić information content (AvgIpc) is 2.73. The molecule has 3 nitrogen and oxygen atoms in total. The summed E-state index contributed by atoms with van der Waals surface area (Å²) in [5, 5.41) is 10.3. The summed E-state index contributed by atoms with van der Waals surface area (Å²) in [6.07, 6.45) is 0. The molecule has 0 spiro atoms. The van der Waals surface area contributed by atoms with E-state index in [2.05, 4.69) is 0 Å². The number of carboxylic acids is 1. The zero-order valence-electron chi connectivity index (χ0n) is 16.5. The summed E-state index contributed by atoms with van der Waals surface area (Å²) >= 11 is 0. The lowest BCUT2D eigenvalue weighted by atomic mass is 9.68. The zero-order valence-corrected chi connectivity index (χ0v) is 16.5. The fraction of sp³-hybridized carbons (Fsp3) is 0.200. The van der Waals surface area contributed by atoms with Crippen LogP contribution in [0.1, 0.15) is 37.5 Å². The first-order chi connectivity index (χ1) is 13.4. The van der Waals surface area contributed by atoms with E-state index in [9.17, 15) is 9.90 Å². The minimum atomic E-state index is -1.37. The van der Waals surface area contributed by atoms with Crippen LogP contribution in [0.25, 0.3) is 0 Å². The van der Waals surface area contributed by atoms with Crippen LogP contribution in [0.2, 0.25) is 0 Å². The number of rotatable bonds is 6. The second kappa shape index (κ2) is 7.81. The maximum atomic E-state index is 12.5. The molecule has 3 aromatic carbocycles. The minimum absolute atomic E-state index is 0.676. The molecule has 0 aliphatic carbocycles. The molecule has 3 heteroatoms. The third kappa shape index (κ3) is 3.61. The number of carboxylic acid groups (broad SMARTS) is 1. The van der Waals surface area contributed by atoms with Gasteiger partial charge < -0.3 is 5.11 Å². The smallest absolute Gasteiger partial charge is 0.332 e. The van der Waals surface area contributed by atoms with Crippen molar-refractivity contribution in [2.45, 2.75) is 31.7 Å². The summed E-state index contributed by atoms with van der Waals surface area (Å²) in [5.41, 5.74) is 1.30. The van der Waals surface area contributed by atoms with Crippen molar-refractivity contribution in [1.82, 2.24) is 0 Å². The Balaban J connectivity index is 2.24. The van der Waals surface area contributed by atoms with Crippen LogP contribution in [0, 0.1) is 0 Å². The highest BCUT2D eigenvalue weighted by atomic mass is 16.4. The minimum Gasteiger partial charge on any atom is -0.479 e. The number of aliphatic carboxylic acids is 1. The van der Waals surface area contributed by atoms with Crippen LogP contribution in [0.5, 0.6) is 0 Å². The number of aliphatic imine (C=N–C) groups is 1. The predicted octanol–water partition coefficient (Wildman–Crippen LogP) is 5.35. The molecule has 1 atom stereocenters. The average molecular weight is 371 g/mol. The first-order valence-electron chi connectivity index (χ1n) is 9.36. The van der Waals surface area contributed by atoms with Crippen LogP contribution < -0.4 is 0 Å². The predicted molar refractivity (Wildman–Crippen MR) is 114 cm³/mol. The van der Waals surface area contributed by atoms with Gasteiger partial charge in [-0.1, -0.05) is 105 Å². The molecular formula is C25H25NO2. The molecule has 0 aromatic heterocycles. The van der Waals surface area contributed by atoms with E-state index in [1.54, 1.807) is 6.92 Å². The van der Waals surface area contributed by atoms with E-state index in [-0.39, 0.29) is 0 Å². The third-order valence-electron chi connectivity index (χ3n) is 5.56. The lowest BCUT2D eigenvalue weighted by molar-refractivity contribution is -0.144. The second-order valence-corrected chi connectivity index (χ2v) is 7.56. The number of hydrogen-bond acceptors (Lipinski definition) is 2. The largest absolute Gasteiger partial charge is 0.479 e. The molecule has 0 heterocycles. The van der Waals surface area contributed by atoms with Crippen LogP contribution in [0.15, 0.2) is 96.0 Å². The maximum Gasteiger partial charge on any atom is 0.332 e. The Morgan fingerprint density at radius 2 is 1.11 bits per heavy atom. The Morgan fingerprint density at radius 3 is 1.50 bits per heavy atom. The van der Waals surface area contributed by atoms with Gasteiger partial charge in [0.1, 0.15) is 0 Å². The molecule has 0 saturated carbocycles. The first kappa shape index (κ1) is 19.6. The van der Waals surface area contributed by atoms with Crippen LogP contribution in [0.4, 0.5) is 0 Å². The molecule has 0 radical (unpaired) electrons. The van der Waals surface area contributed by atoms with Gasteiger partial charge in [0.15, 0.2) is 5.54 Å². The Labute approximate surface area is 166 Å². The molecule has 3 rings (SSSR count). The van der Waals surface area contributed by atoms with Crippen LogP contribution in [0.3, 0.4) is 0 Å². The highest BCUT2D eigenvalue weighted by Gasteiger charge is 2.49. The van der Waals surface area contributed by atoms with Gasteiger partial charge in [-0.05, 0) is 12.5 Å². The lowest BCUT2D eigenvalue weighted by Gasteiger charge is -2.39. The van der Waals surface area contributed by atoms with E-state index < -0.39 is 16.9 Å². The van der Waals surface area contributed by atoms with Crippen molar-refractivity contribution in [2.24, 2.45) is 4.99 Å². The van der Waals surface area contributed by atoms with Gasteiger partial charge in [-0.15, -0.1) is 0 Å². The van der Waals surface area contributed by atoms with E-state index >= 15 is 0 Å². The third-order valence-corrected chi connectivity index (χ3v) is 5.56. The normalized spacial score (nSPS) is 13.4. The molecule has 1 unspecified atom stereocenters. The molecule has 0 bridgehead atoms.